The summed E-state index contributed by atoms with van der Waals surface area (Å²) in [6.45, 7) is 4.93. The molecule has 19 heavy (non-hydrogen) atoms. The molecule has 1 aromatic rings. The van der Waals surface area contributed by atoms with E-state index in [2.05, 4.69) is 6.92 Å². The van der Waals surface area contributed by atoms with Gasteiger partial charge in [0.05, 0.1) is 13.7 Å². The molecule has 0 saturated carbocycles. The summed E-state index contributed by atoms with van der Waals surface area (Å²) >= 11 is 0. The van der Waals surface area contributed by atoms with E-state index in [0.717, 1.165) is 30.1 Å². The molecule has 0 aliphatic carbocycles. The van der Waals surface area contributed by atoms with Crippen LogP contribution in [0, 0.1) is 0 Å². The van der Waals surface area contributed by atoms with E-state index in [9.17, 15) is 0 Å². The van der Waals surface area contributed by atoms with Gasteiger partial charge in [0, 0.05) is 6.04 Å². The third kappa shape index (κ3) is 5.52. The van der Waals surface area contributed by atoms with Crippen molar-refractivity contribution in [3.05, 3.63) is 23.8 Å². The topological polar surface area (TPSA) is 44.5 Å². The largest absolute Gasteiger partial charge is 0.493 e. The number of ether oxygens (including phenoxy) is 2. The van der Waals surface area contributed by atoms with Crippen LogP contribution in [-0.4, -0.2) is 13.7 Å². The maximum Gasteiger partial charge on any atom is 0.161 e. The lowest BCUT2D eigenvalue weighted by atomic mass is 10.1. The number of hydrogen-bond donors (Lipinski definition) is 1. The van der Waals surface area contributed by atoms with Crippen molar-refractivity contribution < 1.29 is 9.47 Å². The highest BCUT2D eigenvalue weighted by molar-refractivity contribution is 5.43. The minimum absolute atomic E-state index is 0.0111. The van der Waals surface area contributed by atoms with Gasteiger partial charge in [-0.05, 0) is 31.0 Å². The van der Waals surface area contributed by atoms with Crippen LogP contribution >= 0.6 is 0 Å². The summed E-state index contributed by atoms with van der Waals surface area (Å²) in [5.41, 5.74) is 6.92. The lowest BCUT2D eigenvalue weighted by molar-refractivity contribution is 0.284. The fourth-order valence-electron chi connectivity index (χ4n) is 1.97. The molecule has 0 amide bonds. The molecule has 3 nitrogen and oxygen atoms in total. The molecule has 1 rings (SSSR count). The smallest absolute Gasteiger partial charge is 0.161 e. The van der Waals surface area contributed by atoms with Crippen molar-refractivity contribution in [2.75, 3.05) is 13.7 Å². The van der Waals surface area contributed by atoms with Crippen molar-refractivity contribution in [2.24, 2.45) is 5.73 Å². The Balaban J connectivity index is 2.44. The van der Waals surface area contributed by atoms with E-state index in [1.807, 2.05) is 25.1 Å². The number of hydrogen-bond acceptors (Lipinski definition) is 3. The second-order valence-electron chi connectivity index (χ2n) is 4.96. The molecule has 0 unspecified atom stereocenters. The Kier molecular flexibility index (Phi) is 7.34. The van der Waals surface area contributed by atoms with Crippen molar-refractivity contribution in [1.29, 1.82) is 0 Å². The maximum absolute atomic E-state index is 5.86. The SMILES string of the molecule is CCCCCCCOc1ccc([C@@H](C)N)cc1OC. The Morgan fingerprint density at radius 3 is 2.47 bits per heavy atom. The molecule has 1 atom stereocenters. The monoisotopic (exact) mass is 265 g/mol. The molecular formula is C16H27NO2. The number of unbranched alkanes of at least 4 members (excludes halogenated alkanes) is 4. The molecule has 0 bridgehead atoms. The fraction of sp³-hybridized carbons (Fsp3) is 0.625. The van der Waals surface area contributed by atoms with Crippen LogP contribution in [0.5, 0.6) is 11.5 Å². The van der Waals surface area contributed by atoms with Crippen LogP contribution in [0.15, 0.2) is 18.2 Å². The molecule has 0 radical (unpaired) electrons. The number of rotatable bonds is 9. The van der Waals surface area contributed by atoms with Gasteiger partial charge in [-0.3, -0.25) is 0 Å². The lowest BCUT2D eigenvalue weighted by Gasteiger charge is -2.13. The van der Waals surface area contributed by atoms with E-state index < -0.39 is 0 Å². The Labute approximate surface area is 117 Å². The quantitative estimate of drug-likeness (QED) is 0.685. The summed E-state index contributed by atoms with van der Waals surface area (Å²) < 4.78 is 11.1. The van der Waals surface area contributed by atoms with E-state index in [-0.39, 0.29) is 6.04 Å². The first-order chi connectivity index (χ1) is 9.19. The third-order valence-corrected chi connectivity index (χ3v) is 3.22. The summed E-state index contributed by atoms with van der Waals surface area (Å²) in [5, 5.41) is 0. The van der Waals surface area contributed by atoms with Crippen molar-refractivity contribution in [3.8, 4) is 11.5 Å². The Morgan fingerprint density at radius 1 is 1.11 bits per heavy atom. The highest BCUT2D eigenvalue weighted by atomic mass is 16.5. The average molecular weight is 265 g/mol. The van der Waals surface area contributed by atoms with Crippen LogP contribution in [0.3, 0.4) is 0 Å². The molecule has 0 spiro atoms. The minimum atomic E-state index is 0.0111. The summed E-state index contributed by atoms with van der Waals surface area (Å²) in [6.07, 6.45) is 6.20. The molecule has 1 aromatic carbocycles. The van der Waals surface area contributed by atoms with Crippen LogP contribution in [0.2, 0.25) is 0 Å². The molecule has 0 saturated heterocycles. The summed E-state index contributed by atoms with van der Waals surface area (Å²) in [5.74, 6) is 1.57. The highest BCUT2D eigenvalue weighted by Gasteiger charge is 2.07. The Bertz CT molecular complexity index is 364. The van der Waals surface area contributed by atoms with Gasteiger partial charge in [-0.2, -0.15) is 0 Å². The van der Waals surface area contributed by atoms with E-state index in [1.54, 1.807) is 7.11 Å². The van der Waals surface area contributed by atoms with E-state index in [1.165, 1.54) is 25.7 Å². The van der Waals surface area contributed by atoms with Gasteiger partial charge < -0.3 is 15.2 Å². The van der Waals surface area contributed by atoms with E-state index in [0.29, 0.717) is 0 Å². The first-order valence-corrected chi connectivity index (χ1v) is 7.25. The minimum Gasteiger partial charge on any atom is -0.493 e. The zero-order chi connectivity index (χ0) is 14.1. The number of nitrogens with two attached hydrogens (primary N) is 1. The van der Waals surface area contributed by atoms with Gasteiger partial charge >= 0.3 is 0 Å². The molecule has 0 aliphatic heterocycles. The molecule has 0 heterocycles. The molecule has 3 heteroatoms. The number of benzene rings is 1. The predicted octanol–water partition coefficient (Wildman–Crippen LogP) is 4.06. The first-order valence-electron chi connectivity index (χ1n) is 7.25. The maximum atomic E-state index is 5.86. The molecule has 0 fully saturated rings. The van der Waals surface area contributed by atoms with Gasteiger partial charge in [0.2, 0.25) is 0 Å². The first kappa shape index (κ1) is 15.8. The molecule has 0 aromatic heterocycles. The van der Waals surface area contributed by atoms with Crippen LogP contribution in [0.25, 0.3) is 0 Å². The van der Waals surface area contributed by atoms with Gasteiger partial charge in [0.15, 0.2) is 11.5 Å². The van der Waals surface area contributed by atoms with Crippen LogP contribution in [-0.2, 0) is 0 Å². The molecule has 2 N–H and O–H groups in total. The zero-order valence-electron chi connectivity index (χ0n) is 12.4. The van der Waals surface area contributed by atoms with Crippen molar-refractivity contribution in [2.45, 2.75) is 52.0 Å². The molecule has 108 valence electrons. The second kappa shape index (κ2) is 8.81. The predicted molar refractivity (Wildman–Crippen MR) is 79.9 cm³/mol. The second-order valence-corrected chi connectivity index (χ2v) is 4.96. The molecular weight excluding hydrogens is 238 g/mol. The van der Waals surface area contributed by atoms with Gasteiger partial charge in [-0.25, -0.2) is 0 Å². The van der Waals surface area contributed by atoms with E-state index >= 15 is 0 Å². The van der Waals surface area contributed by atoms with E-state index in [4.69, 9.17) is 15.2 Å². The Hall–Kier alpha value is -1.22. The lowest BCUT2D eigenvalue weighted by Crippen LogP contribution is -2.06. The number of methoxy groups -OCH3 is 1. The van der Waals surface area contributed by atoms with Gasteiger partial charge in [0.1, 0.15) is 0 Å². The van der Waals surface area contributed by atoms with Crippen LogP contribution in [0.1, 0.15) is 57.6 Å². The fourth-order valence-corrected chi connectivity index (χ4v) is 1.97. The highest BCUT2D eigenvalue weighted by Crippen LogP contribution is 2.29. The van der Waals surface area contributed by atoms with Crippen molar-refractivity contribution >= 4 is 0 Å². The standard InChI is InChI=1S/C16H27NO2/c1-4-5-6-7-8-11-19-15-10-9-14(13(2)17)12-16(15)18-3/h9-10,12-13H,4-8,11,17H2,1-3H3/t13-/m1/s1. The van der Waals surface area contributed by atoms with Crippen molar-refractivity contribution in [3.63, 3.8) is 0 Å². The third-order valence-electron chi connectivity index (χ3n) is 3.22. The summed E-state index contributed by atoms with van der Waals surface area (Å²) in [4.78, 5) is 0. The van der Waals surface area contributed by atoms with Crippen LogP contribution in [0.4, 0.5) is 0 Å². The summed E-state index contributed by atoms with van der Waals surface area (Å²) in [6, 6.07) is 5.91. The van der Waals surface area contributed by atoms with Gasteiger partial charge in [-0.1, -0.05) is 38.7 Å². The zero-order valence-corrected chi connectivity index (χ0v) is 12.4. The van der Waals surface area contributed by atoms with Gasteiger partial charge in [-0.15, -0.1) is 0 Å². The van der Waals surface area contributed by atoms with Crippen molar-refractivity contribution in [1.82, 2.24) is 0 Å². The average Bonchev–Trinajstić information content (AvgIpc) is 2.42. The van der Waals surface area contributed by atoms with Gasteiger partial charge in [0.25, 0.3) is 0 Å². The summed E-state index contributed by atoms with van der Waals surface area (Å²) in [7, 11) is 1.66. The van der Waals surface area contributed by atoms with Crippen LogP contribution < -0.4 is 15.2 Å². The normalized spacial score (nSPS) is 12.2. The molecule has 0 aliphatic rings. The Morgan fingerprint density at radius 2 is 1.84 bits per heavy atom.